The van der Waals surface area contributed by atoms with E-state index in [9.17, 15) is 0 Å². The van der Waals surface area contributed by atoms with Crippen LogP contribution in [0, 0.1) is 5.92 Å². The Hall–Kier alpha value is -1.13. The Morgan fingerprint density at radius 2 is 2.10 bits per heavy atom. The molecule has 1 saturated heterocycles. The highest BCUT2D eigenvalue weighted by Gasteiger charge is 2.17. The first-order chi connectivity index (χ1) is 10.2. The first-order valence-corrected chi connectivity index (χ1v) is 8.16. The lowest BCUT2D eigenvalue weighted by Crippen LogP contribution is -2.30. The number of hydrogen-bond donors (Lipinski definition) is 1. The van der Waals surface area contributed by atoms with Gasteiger partial charge in [-0.1, -0.05) is 13.3 Å². The Balaban J connectivity index is 2.08. The summed E-state index contributed by atoms with van der Waals surface area (Å²) in [4.78, 5) is 7.15. The lowest BCUT2D eigenvalue weighted by Gasteiger charge is -2.28. The van der Waals surface area contributed by atoms with Crippen LogP contribution in [-0.4, -0.2) is 38.8 Å². The first kappa shape index (κ1) is 16.2. The Morgan fingerprint density at radius 1 is 1.33 bits per heavy atom. The molecular weight excluding hydrogens is 262 g/mol. The molecule has 1 aliphatic heterocycles. The van der Waals surface area contributed by atoms with Gasteiger partial charge in [0.05, 0.1) is 0 Å². The summed E-state index contributed by atoms with van der Waals surface area (Å²) in [6.45, 7) is 6.00. The molecule has 0 atom stereocenters. The molecule has 1 aliphatic rings. The molecule has 0 radical (unpaired) electrons. The number of pyridine rings is 1. The zero-order valence-corrected chi connectivity index (χ0v) is 13.7. The van der Waals surface area contributed by atoms with Gasteiger partial charge in [0.2, 0.25) is 0 Å². The molecule has 0 bridgehead atoms. The summed E-state index contributed by atoms with van der Waals surface area (Å²) >= 11 is 0. The molecule has 0 saturated carbocycles. The zero-order chi connectivity index (χ0) is 15.1. The second kappa shape index (κ2) is 8.35. The highest BCUT2D eigenvalue weighted by Crippen LogP contribution is 2.20. The minimum absolute atomic E-state index is 0.730. The van der Waals surface area contributed by atoms with Crippen LogP contribution in [0.15, 0.2) is 12.1 Å². The Bertz CT molecular complexity index is 406. The Kier molecular flexibility index (Phi) is 6.46. The summed E-state index contributed by atoms with van der Waals surface area (Å²) in [5.74, 6) is 1.84. The summed E-state index contributed by atoms with van der Waals surface area (Å²) in [6.07, 6.45) is 4.53. The third-order valence-electron chi connectivity index (χ3n) is 4.08. The van der Waals surface area contributed by atoms with E-state index in [2.05, 4.69) is 36.3 Å². The fraction of sp³-hybridized carbons (Fsp3) is 0.706. The van der Waals surface area contributed by atoms with Crippen LogP contribution in [0.25, 0.3) is 0 Å². The van der Waals surface area contributed by atoms with Crippen LogP contribution in [0.4, 0.5) is 5.82 Å². The van der Waals surface area contributed by atoms with Crippen LogP contribution in [0.1, 0.15) is 37.4 Å². The molecule has 0 unspecified atom stereocenters. The van der Waals surface area contributed by atoms with E-state index in [4.69, 9.17) is 9.72 Å². The highest BCUT2D eigenvalue weighted by atomic mass is 16.5. The van der Waals surface area contributed by atoms with Gasteiger partial charge in [-0.2, -0.15) is 0 Å². The van der Waals surface area contributed by atoms with Crippen molar-refractivity contribution in [1.29, 1.82) is 0 Å². The van der Waals surface area contributed by atoms with Gasteiger partial charge in [-0.05, 0) is 49.9 Å². The number of rotatable bonds is 7. The first-order valence-electron chi connectivity index (χ1n) is 8.16. The van der Waals surface area contributed by atoms with E-state index in [1.807, 2.05) is 7.05 Å². The van der Waals surface area contributed by atoms with Gasteiger partial charge in [-0.3, -0.25) is 0 Å². The average Bonchev–Trinajstić information content (AvgIpc) is 2.49. The van der Waals surface area contributed by atoms with Crippen LogP contribution in [0.5, 0.6) is 0 Å². The molecule has 4 nitrogen and oxygen atoms in total. The smallest absolute Gasteiger partial charge is 0.128 e. The predicted octanol–water partition coefficient (Wildman–Crippen LogP) is 2.62. The largest absolute Gasteiger partial charge is 0.381 e. The molecule has 118 valence electrons. The summed E-state index contributed by atoms with van der Waals surface area (Å²) in [5.41, 5.74) is 2.53. The average molecular weight is 291 g/mol. The van der Waals surface area contributed by atoms with Crippen molar-refractivity contribution < 1.29 is 4.74 Å². The van der Waals surface area contributed by atoms with Crippen molar-refractivity contribution in [1.82, 2.24) is 10.3 Å². The second-order valence-electron chi connectivity index (χ2n) is 6.04. The van der Waals surface area contributed by atoms with E-state index < -0.39 is 0 Å². The van der Waals surface area contributed by atoms with E-state index in [0.717, 1.165) is 50.9 Å². The fourth-order valence-electron chi connectivity index (χ4n) is 2.93. The van der Waals surface area contributed by atoms with E-state index in [0.29, 0.717) is 0 Å². The molecule has 1 fully saturated rings. The van der Waals surface area contributed by atoms with Crippen molar-refractivity contribution in [3.05, 3.63) is 23.4 Å². The SMILES string of the molecule is CCCc1cc(CNC)cc(N(C)CC2CCOCC2)n1. The summed E-state index contributed by atoms with van der Waals surface area (Å²) in [6, 6.07) is 4.45. The monoisotopic (exact) mass is 291 g/mol. The fourth-order valence-corrected chi connectivity index (χ4v) is 2.93. The quantitative estimate of drug-likeness (QED) is 0.838. The Labute approximate surface area is 128 Å². The van der Waals surface area contributed by atoms with Gasteiger partial charge >= 0.3 is 0 Å². The van der Waals surface area contributed by atoms with Gasteiger partial charge < -0.3 is 15.0 Å². The third kappa shape index (κ3) is 4.97. The topological polar surface area (TPSA) is 37.4 Å². The van der Waals surface area contributed by atoms with E-state index in [1.165, 1.54) is 24.1 Å². The maximum absolute atomic E-state index is 5.45. The minimum Gasteiger partial charge on any atom is -0.381 e. The number of nitrogens with zero attached hydrogens (tertiary/aromatic N) is 2. The van der Waals surface area contributed by atoms with Crippen LogP contribution in [-0.2, 0) is 17.7 Å². The number of aryl methyl sites for hydroxylation is 1. The molecule has 0 amide bonds. The minimum atomic E-state index is 0.730. The molecule has 21 heavy (non-hydrogen) atoms. The maximum Gasteiger partial charge on any atom is 0.128 e. The summed E-state index contributed by atoms with van der Waals surface area (Å²) in [5, 5.41) is 3.24. The van der Waals surface area contributed by atoms with Crippen molar-refractivity contribution in [2.45, 2.75) is 39.2 Å². The number of aromatic nitrogens is 1. The van der Waals surface area contributed by atoms with Crippen LogP contribution >= 0.6 is 0 Å². The van der Waals surface area contributed by atoms with Gasteiger partial charge in [0, 0.05) is 39.0 Å². The van der Waals surface area contributed by atoms with Crippen LogP contribution < -0.4 is 10.2 Å². The van der Waals surface area contributed by atoms with E-state index in [-0.39, 0.29) is 0 Å². The predicted molar refractivity (Wildman–Crippen MR) is 87.8 cm³/mol. The van der Waals surface area contributed by atoms with Gasteiger partial charge in [-0.25, -0.2) is 4.98 Å². The van der Waals surface area contributed by atoms with Crippen molar-refractivity contribution in [3.8, 4) is 0 Å². The lowest BCUT2D eigenvalue weighted by molar-refractivity contribution is 0.0685. The third-order valence-corrected chi connectivity index (χ3v) is 4.08. The molecule has 0 aromatic carbocycles. The molecule has 2 rings (SSSR count). The van der Waals surface area contributed by atoms with Crippen molar-refractivity contribution >= 4 is 5.82 Å². The second-order valence-corrected chi connectivity index (χ2v) is 6.04. The molecule has 2 heterocycles. The van der Waals surface area contributed by atoms with Gasteiger partial charge in [0.15, 0.2) is 0 Å². The molecule has 1 aromatic heterocycles. The van der Waals surface area contributed by atoms with Gasteiger partial charge in [-0.15, -0.1) is 0 Å². The van der Waals surface area contributed by atoms with Gasteiger partial charge in [0.25, 0.3) is 0 Å². The standard InChI is InChI=1S/C17H29N3O/c1-4-5-16-10-15(12-18-2)11-17(19-16)20(3)13-14-6-8-21-9-7-14/h10-11,14,18H,4-9,12-13H2,1-3H3. The number of hydrogen-bond acceptors (Lipinski definition) is 4. The Morgan fingerprint density at radius 3 is 2.76 bits per heavy atom. The maximum atomic E-state index is 5.45. The van der Waals surface area contributed by atoms with Crippen molar-refractivity contribution in [3.63, 3.8) is 0 Å². The highest BCUT2D eigenvalue weighted by molar-refractivity contribution is 5.42. The number of ether oxygens (including phenoxy) is 1. The van der Waals surface area contributed by atoms with E-state index in [1.54, 1.807) is 0 Å². The van der Waals surface area contributed by atoms with Gasteiger partial charge in [0.1, 0.15) is 5.82 Å². The molecule has 0 aliphatic carbocycles. The summed E-state index contributed by atoms with van der Waals surface area (Å²) in [7, 11) is 4.15. The van der Waals surface area contributed by atoms with Crippen LogP contribution in [0.3, 0.4) is 0 Å². The number of nitrogens with one attached hydrogen (secondary N) is 1. The van der Waals surface area contributed by atoms with Crippen LogP contribution in [0.2, 0.25) is 0 Å². The molecule has 4 heteroatoms. The van der Waals surface area contributed by atoms with E-state index >= 15 is 0 Å². The van der Waals surface area contributed by atoms with Crippen molar-refractivity contribution in [2.24, 2.45) is 5.92 Å². The number of anilines is 1. The van der Waals surface area contributed by atoms with Crippen molar-refractivity contribution in [2.75, 3.05) is 38.8 Å². The molecule has 1 aromatic rings. The molecular formula is C17H29N3O. The lowest BCUT2D eigenvalue weighted by atomic mass is 10.00. The molecule has 1 N–H and O–H groups in total. The normalized spacial score (nSPS) is 16.1. The summed E-state index contributed by atoms with van der Waals surface area (Å²) < 4.78 is 5.45. The zero-order valence-electron chi connectivity index (χ0n) is 13.7. The molecule has 0 spiro atoms.